The van der Waals surface area contributed by atoms with Crippen molar-refractivity contribution in [3.63, 3.8) is 0 Å². The molecule has 0 unspecified atom stereocenters. The van der Waals surface area contributed by atoms with Crippen molar-refractivity contribution >= 4 is 55.5 Å². The predicted molar refractivity (Wildman–Crippen MR) is 174 cm³/mol. The predicted octanol–water partition coefficient (Wildman–Crippen LogP) is 10.1. The number of hydrogen-bond donors (Lipinski definition) is 0. The fourth-order valence-corrected chi connectivity index (χ4v) is 7.64. The Labute approximate surface area is 234 Å². The minimum Gasteiger partial charge on any atom is -0.256 e. The molecule has 0 radical (unpaired) electrons. The second kappa shape index (κ2) is 9.30. The summed E-state index contributed by atoms with van der Waals surface area (Å²) < 4.78 is 2.65. The molecule has 0 bridgehead atoms. The van der Waals surface area contributed by atoms with Gasteiger partial charge in [-0.15, -0.1) is 11.3 Å². The Morgan fingerprint density at radius 3 is 1.87 bits per heavy atom. The van der Waals surface area contributed by atoms with Crippen molar-refractivity contribution in [2.45, 2.75) is 19.6 Å². The molecule has 39 heavy (non-hydrogen) atoms. The maximum Gasteiger partial charge on any atom is 0.0775 e. The lowest BCUT2D eigenvalue weighted by Gasteiger charge is -2.17. The second-order valence-electron chi connectivity index (χ2n) is 11.3. The molecule has 7 aromatic rings. The first-order chi connectivity index (χ1) is 18.9. The Kier molecular flexibility index (Phi) is 5.73. The van der Waals surface area contributed by atoms with Gasteiger partial charge in [-0.3, -0.25) is 4.98 Å². The topological polar surface area (TPSA) is 12.9 Å². The fourth-order valence-electron chi connectivity index (χ4n) is 5.39. The molecule has 3 heteroatoms. The fraction of sp³-hybridized carbons (Fsp3) is 0.0833. The number of fused-ring (bicyclic) bond motifs is 4. The summed E-state index contributed by atoms with van der Waals surface area (Å²) in [6, 6.07) is 42.3. The highest BCUT2D eigenvalue weighted by atomic mass is 32.1. The van der Waals surface area contributed by atoms with Gasteiger partial charge in [-0.05, 0) is 63.9 Å². The van der Waals surface area contributed by atoms with Gasteiger partial charge in [0, 0.05) is 37.5 Å². The molecule has 0 spiro atoms. The summed E-state index contributed by atoms with van der Waals surface area (Å²) in [6.45, 7) is 7.18. The summed E-state index contributed by atoms with van der Waals surface area (Å²) in [6.07, 6.45) is 2.01. The number of nitrogens with zero attached hydrogens (tertiary/aromatic N) is 1. The molecule has 7 rings (SSSR count). The molecule has 0 aliphatic heterocycles. The van der Waals surface area contributed by atoms with Crippen LogP contribution in [0.25, 0.3) is 64.5 Å². The Morgan fingerprint density at radius 1 is 0.513 bits per heavy atom. The highest BCUT2D eigenvalue weighted by Gasteiger charge is 2.16. The van der Waals surface area contributed by atoms with Crippen LogP contribution in [0.2, 0.25) is 19.6 Å². The number of benzene rings is 5. The van der Waals surface area contributed by atoms with Crippen LogP contribution >= 0.6 is 11.3 Å². The van der Waals surface area contributed by atoms with E-state index in [1.165, 1.54) is 52.8 Å². The number of thiophene rings is 1. The molecule has 0 N–H and O–H groups in total. The lowest BCUT2D eigenvalue weighted by molar-refractivity contribution is 1.33. The number of rotatable bonds is 4. The zero-order chi connectivity index (χ0) is 26.6. The third-order valence-corrected chi connectivity index (χ3v) is 10.9. The summed E-state index contributed by atoms with van der Waals surface area (Å²) in [5.41, 5.74) is 7.00. The maximum atomic E-state index is 4.88. The minimum absolute atomic E-state index is 1.00. The first kappa shape index (κ1) is 24.0. The van der Waals surface area contributed by atoms with Gasteiger partial charge < -0.3 is 0 Å². The largest absolute Gasteiger partial charge is 0.256 e. The van der Waals surface area contributed by atoms with E-state index in [1.54, 1.807) is 0 Å². The van der Waals surface area contributed by atoms with Crippen molar-refractivity contribution in [2.75, 3.05) is 0 Å². The molecule has 1 nitrogen and oxygen atoms in total. The zero-order valence-corrected chi connectivity index (χ0v) is 24.2. The van der Waals surface area contributed by atoms with E-state index in [-0.39, 0.29) is 0 Å². The molecular formula is C36H29NSSi. The zero-order valence-electron chi connectivity index (χ0n) is 22.4. The van der Waals surface area contributed by atoms with E-state index in [4.69, 9.17) is 4.98 Å². The summed E-state index contributed by atoms with van der Waals surface area (Å²) in [5, 5.41) is 6.62. The van der Waals surface area contributed by atoms with Crippen molar-refractivity contribution in [1.82, 2.24) is 4.98 Å². The molecule has 2 heterocycles. The minimum atomic E-state index is -1.30. The summed E-state index contributed by atoms with van der Waals surface area (Å²) >= 11 is 1.85. The van der Waals surface area contributed by atoms with Crippen LogP contribution < -0.4 is 5.19 Å². The van der Waals surface area contributed by atoms with E-state index in [9.17, 15) is 0 Å². The summed E-state index contributed by atoms with van der Waals surface area (Å²) in [7, 11) is -1.30. The molecule has 5 aromatic carbocycles. The van der Waals surface area contributed by atoms with Crippen LogP contribution in [0.3, 0.4) is 0 Å². The quantitative estimate of drug-likeness (QED) is 0.204. The van der Waals surface area contributed by atoms with Crippen molar-refractivity contribution in [1.29, 1.82) is 0 Å². The highest BCUT2D eigenvalue weighted by Crippen LogP contribution is 2.36. The van der Waals surface area contributed by atoms with E-state index in [0.717, 1.165) is 16.8 Å². The average Bonchev–Trinajstić information content (AvgIpc) is 3.34. The first-order valence-electron chi connectivity index (χ1n) is 13.5. The van der Waals surface area contributed by atoms with Gasteiger partial charge >= 0.3 is 0 Å². The Morgan fingerprint density at radius 2 is 1.15 bits per heavy atom. The van der Waals surface area contributed by atoms with Crippen LogP contribution in [0.15, 0.2) is 121 Å². The average molecular weight is 536 g/mol. The maximum absolute atomic E-state index is 4.88. The monoisotopic (exact) mass is 535 g/mol. The number of aromatic nitrogens is 1. The lowest BCUT2D eigenvalue weighted by Crippen LogP contribution is -2.37. The van der Waals surface area contributed by atoms with Gasteiger partial charge in [0.15, 0.2) is 0 Å². The third kappa shape index (κ3) is 4.48. The molecule has 0 saturated heterocycles. The van der Waals surface area contributed by atoms with E-state index < -0.39 is 8.07 Å². The standard InChI is InChI=1S/C36H29NSSi/c1-39(2,3)31-16-12-24(13-17-31)26-10-8-25-9-11-27(21-30(25)20-26)29-14-18-34(37-23-29)28-15-19-36-33(22-28)32-6-4-5-7-35(32)38-36/h4-23H,1-3H3. The van der Waals surface area contributed by atoms with Gasteiger partial charge in [0.2, 0.25) is 0 Å². The molecular weight excluding hydrogens is 507 g/mol. The van der Waals surface area contributed by atoms with Gasteiger partial charge in [0.1, 0.15) is 0 Å². The molecule has 0 amide bonds. The van der Waals surface area contributed by atoms with Crippen molar-refractivity contribution in [3.8, 4) is 33.5 Å². The first-order valence-corrected chi connectivity index (χ1v) is 17.8. The molecule has 188 valence electrons. The van der Waals surface area contributed by atoms with E-state index in [2.05, 4.69) is 135 Å². The van der Waals surface area contributed by atoms with E-state index in [1.807, 2.05) is 17.5 Å². The van der Waals surface area contributed by atoms with Crippen LogP contribution in [-0.4, -0.2) is 13.1 Å². The molecule has 0 atom stereocenters. The SMILES string of the molecule is C[Si](C)(C)c1ccc(-c2ccc3ccc(-c4ccc(-c5ccc6sc7ccccc7c6c5)nc4)cc3c2)cc1. The van der Waals surface area contributed by atoms with Gasteiger partial charge in [0.25, 0.3) is 0 Å². The molecule has 0 saturated carbocycles. The van der Waals surface area contributed by atoms with Crippen LogP contribution in [0, 0.1) is 0 Å². The van der Waals surface area contributed by atoms with Crippen molar-refractivity contribution < 1.29 is 0 Å². The third-order valence-electron chi connectivity index (χ3n) is 7.69. The summed E-state index contributed by atoms with van der Waals surface area (Å²) in [4.78, 5) is 4.88. The number of hydrogen-bond acceptors (Lipinski definition) is 2. The molecule has 0 aliphatic carbocycles. The molecule has 0 aliphatic rings. The van der Waals surface area contributed by atoms with Gasteiger partial charge in [0.05, 0.1) is 13.8 Å². The van der Waals surface area contributed by atoms with Crippen LogP contribution in [0.1, 0.15) is 0 Å². The van der Waals surface area contributed by atoms with Gasteiger partial charge in [-0.1, -0.05) is 104 Å². The van der Waals surface area contributed by atoms with Gasteiger partial charge in [-0.25, -0.2) is 0 Å². The number of pyridine rings is 1. The van der Waals surface area contributed by atoms with Crippen LogP contribution in [0.4, 0.5) is 0 Å². The Hall–Kier alpha value is -4.05. The second-order valence-corrected chi connectivity index (χ2v) is 17.5. The normalized spacial score (nSPS) is 12.0. The molecule has 0 fully saturated rings. The van der Waals surface area contributed by atoms with E-state index in [0.29, 0.717) is 0 Å². The van der Waals surface area contributed by atoms with E-state index >= 15 is 0 Å². The summed E-state index contributed by atoms with van der Waals surface area (Å²) in [5.74, 6) is 0. The van der Waals surface area contributed by atoms with Gasteiger partial charge in [-0.2, -0.15) is 0 Å². The van der Waals surface area contributed by atoms with Crippen molar-refractivity contribution in [3.05, 3.63) is 121 Å². The Bertz CT molecular complexity index is 1980. The van der Waals surface area contributed by atoms with Crippen molar-refractivity contribution in [2.24, 2.45) is 0 Å². The Balaban J connectivity index is 1.20. The van der Waals surface area contributed by atoms with Crippen LogP contribution in [-0.2, 0) is 0 Å². The lowest BCUT2D eigenvalue weighted by atomic mass is 9.98. The van der Waals surface area contributed by atoms with Crippen LogP contribution in [0.5, 0.6) is 0 Å². The molecule has 2 aromatic heterocycles. The smallest absolute Gasteiger partial charge is 0.0775 e. The highest BCUT2D eigenvalue weighted by molar-refractivity contribution is 7.25.